The monoisotopic (exact) mass is 223 g/mol. The predicted octanol–water partition coefficient (Wildman–Crippen LogP) is 3.50. The third-order valence-electron chi connectivity index (χ3n) is 4.76. The molecule has 16 heavy (non-hydrogen) atoms. The van der Waals surface area contributed by atoms with Crippen molar-refractivity contribution in [3.63, 3.8) is 0 Å². The minimum Gasteiger partial charge on any atom is -0.389 e. The maximum Gasteiger partial charge on any atom is 0.0857 e. The zero-order valence-electron chi connectivity index (χ0n) is 11.1. The van der Waals surface area contributed by atoms with Gasteiger partial charge in [-0.1, -0.05) is 20.8 Å². The molecule has 1 unspecified atom stereocenters. The third kappa shape index (κ3) is 2.25. The molecule has 0 aromatic rings. The number of rotatable bonds is 3. The van der Waals surface area contributed by atoms with E-state index in [0.717, 1.165) is 31.6 Å². The maximum atomic E-state index is 10.4. The average molecular weight is 223 g/mol. The van der Waals surface area contributed by atoms with Gasteiger partial charge in [0.2, 0.25) is 0 Å². The molecule has 1 rings (SSSR count). The second-order valence-electron chi connectivity index (χ2n) is 5.90. The van der Waals surface area contributed by atoms with Crippen LogP contribution < -0.4 is 0 Å². The van der Waals surface area contributed by atoms with Gasteiger partial charge in [0, 0.05) is 0 Å². The summed E-state index contributed by atoms with van der Waals surface area (Å²) in [6.07, 6.45) is 4.54. The number of hydrogen-bond donors (Lipinski definition) is 1. The Morgan fingerprint density at radius 3 is 2.25 bits per heavy atom. The molecule has 1 N–H and O–H groups in total. The molecule has 0 aliphatic heterocycles. The molecule has 0 aromatic heterocycles. The standard InChI is InChI=1S/C14H25NO/c1-5-13(4,16)14(10-15)8-6-12(7-9-14)11(2)3/h11-12,16H,5-9H2,1-4H3. The van der Waals surface area contributed by atoms with Gasteiger partial charge in [-0.3, -0.25) is 0 Å². The predicted molar refractivity (Wildman–Crippen MR) is 65.8 cm³/mol. The summed E-state index contributed by atoms with van der Waals surface area (Å²) in [5.74, 6) is 1.43. The van der Waals surface area contributed by atoms with Gasteiger partial charge in [0.25, 0.3) is 0 Å². The number of hydrogen-bond acceptors (Lipinski definition) is 2. The van der Waals surface area contributed by atoms with Gasteiger partial charge in [0.1, 0.15) is 0 Å². The van der Waals surface area contributed by atoms with Crippen LogP contribution >= 0.6 is 0 Å². The minimum atomic E-state index is -0.830. The van der Waals surface area contributed by atoms with E-state index in [0.29, 0.717) is 12.3 Å². The van der Waals surface area contributed by atoms with Crippen LogP contribution in [0.25, 0.3) is 0 Å². The molecule has 0 spiro atoms. The van der Waals surface area contributed by atoms with Crippen molar-refractivity contribution in [2.75, 3.05) is 0 Å². The molecule has 0 radical (unpaired) electrons. The lowest BCUT2D eigenvalue weighted by Crippen LogP contribution is -2.47. The van der Waals surface area contributed by atoms with Crippen LogP contribution in [0.15, 0.2) is 0 Å². The Labute approximate surface area is 99.7 Å². The van der Waals surface area contributed by atoms with E-state index in [4.69, 9.17) is 0 Å². The lowest BCUT2D eigenvalue weighted by atomic mass is 9.60. The van der Waals surface area contributed by atoms with Crippen LogP contribution in [0, 0.1) is 28.6 Å². The first-order valence-electron chi connectivity index (χ1n) is 6.52. The van der Waals surface area contributed by atoms with Crippen LogP contribution in [0.4, 0.5) is 0 Å². The molecular formula is C14H25NO. The molecule has 1 aliphatic rings. The van der Waals surface area contributed by atoms with Crippen molar-refractivity contribution in [2.24, 2.45) is 17.3 Å². The molecule has 2 nitrogen and oxygen atoms in total. The first-order valence-corrected chi connectivity index (χ1v) is 6.52. The van der Waals surface area contributed by atoms with Crippen LogP contribution in [0.2, 0.25) is 0 Å². The van der Waals surface area contributed by atoms with Crippen LogP contribution in [0.1, 0.15) is 59.8 Å². The second-order valence-corrected chi connectivity index (χ2v) is 5.90. The summed E-state index contributed by atoms with van der Waals surface area (Å²) < 4.78 is 0. The van der Waals surface area contributed by atoms with Crippen LogP contribution in [0.5, 0.6) is 0 Å². The summed E-state index contributed by atoms with van der Waals surface area (Å²) in [7, 11) is 0. The first kappa shape index (κ1) is 13.5. The van der Waals surface area contributed by atoms with E-state index >= 15 is 0 Å². The molecule has 2 heteroatoms. The fraction of sp³-hybridized carbons (Fsp3) is 0.929. The average Bonchev–Trinajstić information content (AvgIpc) is 2.28. The van der Waals surface area contributed by atoms with E-state index in [1.54, 1.807) is 0 Å². The van der Waals surface area contributed by atoms with E-state index < -0.39 is 11.0 Å². The zero-order chi connectivity index (χ0) is 12.4. The van der Waals surface area contributed by atoms with Crippen LogP contribution in [0.3, 0.4) is 0 Å². The summed E-state index contributed by atoms with van der Waals surface area (Å²) in [4.78, 5) is 0. The van der Waals surface area contributed by atoms with Gasteiger partial charge >= 0.3 is 0 Å². The largest absolute Gasteiger partial charge is 0.389 e. The maximum absolute atomic E-state index is 10.4. The lowest BCUT2D eigenvalue weighted by molar-refractivity contribution is -0.0687. The van der Waals surface area contributed by atoms with Crippen LogP contribution in [-0.4, -0.2) is 10.7 Å². The zero-order valence-corrected chi connectivity index (χ0v) is 11.1. The quantitative estimate of drug-likeness (QED) is 0.795. The SMILES string of the molecule is CCC(C)(O)C1(C#N)CCC(C(C)C)CC1. The molecule has 0 bridgehead atoms. The molecule has 92 valence electrons. The van der Waals surface area contributed by atoms with E-state index in [2.05, 4.69) is 19.9 Å². The molecule has 1 fully saturated rings. The number of nitrogens with zero attached hydrogens (tertiary/aromatic N) is 1. The van der Waals surface area contributed by atoms with Crippen molar-refractivity contribution in [3.05, 3.63) is 0 Å². The Bertz CT molecular complexity index is 267. The van der Waals surface area contributed by atoms with Crippen LogP contribution in [-0.2, 0) is 0 Å². The Balaban J connectivity index is 2.78. The summed E-state index contributed by atoms with van der Waals surface area (Å²) in [6, 6.07) is 2.42. The molecule has 1 atom stereocenters. The molecule has 0 heterocycles. The van der Waals surface area contributed by atoms with Gasteiger partial charge in [-0.2, -0.15) is 5.26 Å². The van der Waals surface area contributed by atoms with Gasteiger partial charge in [-0.25, -0.2) is 0 Å². The Morgan fingerprint density at radius 1 is 1.44 bits per heavy atom. The van der Waals surface area contributed by atoms with Crippen molar-refractivity contribution < 1.29 is 5.11 Å². The molecule has 0 amide bonds. The molecule has 0 saturated heterocycles. The van der Waals surface area contributed by atoms with Gasteiger partial charge in [-0.05, 0) is 50.9 Å². The third-order valence-corrected chi connectivity index (χ3v) is 4.76. The van der Waals surface area contributed by atoms with Crippen molar-refractivity contribution >= 4 is 0 Å². The summed E-state index contributed by atoms with van der Waals surface area (Å²) in [6.45, 7) is 8.30. The van der Waals surface area contributed by atoms with Gasteiger partial charge in [0.05, 0.1) is 17.1 Å². The van der Waals surface area contributed by atoms with Gasteiger partial charge in [0.15, 0.2) is 0 Å². The van der Waals surface area contributed by atoms with E-state index in [9.17, 15) is 10.4 Å². The highest BCUT2D eigenvalue weighted by Gasteiger charge is 2.48. The van der Waals surface area contributed by atoms with Gasteiger partial charge < -0.3 is 5.11 Å². The first-order chi connectivity index (χ1) is 7.38. The fourth-order valence-electron chi connectivity index (χ4n) is 2.91. The highest BCUT2D eigenvalue weighted by molar-refractivity contribution is 5.11. The second kappa shape index (κ2) is 4.75. The van der Waals surface area contributed by atoms with Crippen molar-refractivity contribution in [1.82, 2.24) is 0 Å². The normalized spacial score (nSPS) is 34.4. The lowest BCUT2D eigenvalue weighted by Gasteiger charge is -2.45. The van der Waals surface area contributed by atoms with Crippen molar-refractivity contribution in [1.29, 1.82) is 5.26 Å². The van der Waals surface area contributed by atoms with E-state index in [1.165, 1.54) is 0 Å². The fourth-order valence-corrected chi connectivity index (χ4v) is 2.91. The Hall–Kier alpha value is -0.550. The smallest absolute Gasteiger partial charge is 0.0857 e. The Morgan fingerprint density at radius 2 is 1.94 bits per heavy atom. The van der Waals surface area contributed by atoms with Crippen molar-refractivity contribution in [3.8, 4) is 6.07 Å². The van der Waals surface area contributed by atoms with E-state index in [-0.39, 0.29) is 0 Å². The molecule has 1 aliphatic carbocycles. The molecular weight excluding hydrogens is 198 g/mol. The minimum absolute atomic E-state index is 0.507. The highest BCUT2D eigenvalue weighted by Crippen LogP contribution is 2.48. The summed E-state index contributed by atoms with van der Waals surface area (Å²) in [5.41, 5.74) is -1.34. The number of nitriles is 1. The van der Waals surface area contributed by atoms with Gasteiger partial charge in [-0.15, -0.1) is 0 Å². The summed E-state index contributed by atoms with van der Waals surface area (Å²) in [5, 5.41) is 19.8. The Kier molecular flexibility index (Phi) is 4.02. The van der Waals surface area contributed by atoms with E-state index in [1.807, 2.05) is 13.8 Å². The summed E-state index contributed by atoms with van der Waals surface area (Å²) >= 11 is 0. The molecule has 0 aromatic carbocycles. The molecule has 1 saturated carbocycles. The number of aliphatic hydroxyl groups is 1. The topological polar surface area (TPSA) is 44.0 Å². The van der Waals surface area contributed by atoms with Crippen molar-refractivity contribution in [2.45, 2.75) is 65.4 Å². The highest BCUT2D eigenvalue weighted by atomic mass is 16.3.